The average Bonchev–Trinajstić information content (AvgIpc) is 2.93. The van der Waals surface area contributed by atoms with E-state index in [4.69, 9.17) is 0 Å². The molecule has 2 nitrogen and oxygen atoms in total. The van der Waals surface area contributed by atoms with E-state index in [-0.39, 0.29) is 0 Å². The zero-order valence-corrected chi connectivity index (χ0v) is 10.5. The van der Waals surface area contributed by atoms with Crippen LogP contribution in [0.2, 0.25) is 0 Å². The molecular formula is C15H20N2. The van der Waals surface area contributed by atoms with Gasteiger partial charge in [-0.3, -0.25) is 0 Å². The number of fused-ring (bicyclic) bond motifs is 1. The summed E-state index contributed by atoms with van der Waals surface area (Å²) >= 11 is 0. The van der Waals surface area contributed by atoms with E-state index in [1.165, 1.54) is 36.7 Å². The fourth-order valence-electron chi connectivity index (χ4n) is 2.97. The van der Waals surface area contributed by atoms with E-state index in [1.807, 2.05) is 0 Å². The number of rotatable bonds is 3. The van der Waals surface area contributed by atoms with Gasteiger partial charge < -0.3 is 9.47 Å². The van der Waals surface area contributed by atoms with Crippen molar-refractivity contribution in [2.45, 2.75) is 31.8 Å². The normalized spacial score (nSPS) is 21.4. The topological polar surface area (TPSA) is 8.17 Å². The van der Waals surface area contributed by atoms with Crippen LogP contribution < -0.4 is 0 Å². The fourth-order valence-corrected chi connectivity index (χ4v) is 2.97. The number of hydrogen-bond donors (Lipinski definition) is 0. The van der Waals surface area contributed by atoms with Crippen LogP contribution in [-0.2, 0) is 6.54 Å². The Labute approximate surface area is 103 Å². The molecule has 0 amide bonds. The predicted octanol–water partition coefficient (Wildman–Crippen LogP) is 3.13. The van der Waals surface area contributed by atoms with Gasteiger partial charge in [-0.25, -0.2) is 0 Å². The van der Waals surface area contributed by atoms with Crippen LogP contribution in [0.15, 0.2) is 36.5 Å². The summed E-state index contributed by atoms with van der Waals surface area (Å²) in [6, 6.07) is 11.6. The molecule has 0 saturated carbocycles. The highest BCUT2D eigenvalue weighted by Gasteiger charge is 2.20. The van der Waals surface area contributed by atoms with Gasteiger partial charge >= 0.3 is 0 Å². The molecule has 2 heterocycles. The van der Waals surface area contributed by atoms with Gasteiger partial charge in [0.25, 0.3) is 0 Å². The monoisotopic (exact) mass is 228 g/mol. The van der Waals surface area contributed by atoms with Crippen molar-refractivity contribution in [1.29, 1.82) is 0 Å². The van der Waals surface area contributed by atoms with Gasteiger partial charge in [0.2, 0.25) is 0 Å². The number of nitrogens with zero attached hydrogens (tertiary/aromatic N) is 2. The highest BCUT2D eigenvalue weighted by Crippen LogP contribution is 2.20. The Hall–Kier alpha value is -1.28. The van der Waals surface area contributed by atoms with Crippen LogP contribution in [0.25, 0.3) is 10.9 Å². The average molecular weight is 228 g/mol. The summed E-state index contributed by atoms with van der Waals surface area (Å²) in [7, 11) is 2.26. The SMILES string of the molecule is CN1CCCC1CCn1ccc2ccccc21. The van der Waals surface area contributed by atoms with Crippen molar-refractivity contribution in [3.63, 3.8) is 0 Å². The lowest BCUT2D eigenvalue weighted by molar-refractivity contribution is 0.287. The molecule has 0 bridgehead atoms. The molecule has 1 aromatic heterocycles. The van der Waals surface area contributed by atoms with E-state index in [0.717, 1.165) is 12.6 Å². The molecule has 90 valence electrons. The molecular weight excluding hydrogens is 208 g/mol. The molecule has 2 heteroatoms. The number of aromatic nitrogens is 1. The van der Waals surface area contributed by atoms with Crippen molar-refractivity contribution in [3.8, 4) is 0 Å². The Bertz CT molecular complexity index is 500. The van der Waals surface area contributed by atoms with Gasteiger partial charge in [-0.2, -0.15) is 0 Å². The molecule has 0 radical (unpaired) electrons. The lowest BCUT2D eigenvalue weighted by atomic mass is 10.1. The number of likely N-dealkylation sites (tertiary alicyclic amines) is 1. The maximum absolute atomic E-state index is 2.51. The molecule has 1 fully saturated rings. The second kappa shape index (κ2) is 4.53. The van der Waals surface area contributed by atoms with Crippen LogP contribution in [0.3, 0.4) is 0 Å². The first-order chi connectivity index (χ1) is 8.34. The number of hydrogen-bond acceptors (Lipinski definition) is 1. The third-order valence-corrected chi connectivity index (χ3v) is 4.05. The first-order valence-electron chi connectivity index (χ1n) is 6.59. The van der Waals surface area contributed by atoms with Gasteiger partial charge in [-0.05, 0) is 50.4 Å². The van der Waals surface area contributed by atoms with Crippen LogP contribution >= 0.6 is 0 Å². The second-order valence-electron chi connectivity index (χ2n) is 5.13. The lowest BCUT2D eigenvalue weighted by Gasteiger charge is -2.19. The minimum atomic E-state index is 0.788. The van der Waals surface area contributed by atoms with Gasteiger partial charge in [0.15, 0.2) is 0 Å². The zero-order chi connectivity index (χ0) is 11.7. The third kappa shape index (κ3) is 2.09. The van der Waals surface area contributed by atoms with E-state index in [9.17, 15) is 0 Å². The van der Waals surface area contributed by atoms with Gasteiger partial charge in [0, 0.05) is 24.3 Å². The molecule has 3 rings (SSSR count). The van der Waals surface area contributed by atoms with Crippen molar-refractivity contribution in [2.75, 3.05) is 13.6 Å². The molecule has 2 aromatic rings. The summed E-state index contributed by atoms with van der Waals surface area (Å²) in [5.41, 5.74) is 1.37. The Morgan fingerprint density at radius 3 is 2.94 bits per heavy atom. The fraction of sp³-hybridized carbons (Fsp3) is 0.467. The van der Waals surface area contributed by atoms with Gasteiger partial charge in [0.1, 0.15) is 0 Å². The van der Waals surface area contributed by atoms with Crippen molar-refractivity contribution < 1.29 is 0 Å². The lowest BCUT2D eigenvalue weighted by Crippen LogP contribution is -2.25. The molecule has 0 spiro atoms. The molecule has 1 aliphatic heterocycles. The van der Waals surface area contributed by atoms with Crippen molar-refractivity contribution in [1.82, 2.24) is 9.47 Å². The van der Waals surface area contributed by atoms with Crippen LogP contribution in [0.5, 0.6) is 0 Å². The zero-order valence-electron chi connectivity index (χ0n) is 10.5. The van der Waals surface area contributed by atoms with E-state index in [1.54, 1.807) is 0 Å². The minimum Gasteiger partial charge on any atom is -0.347 e. The molecule has 0 aliphatic carbocycles. The summed E-state index contributed by atoms with van der Waals surface area (Å²) < 4.78 is 2.39. The number of benzene rings is 1. The van der Waals surface area contributed by atoms with Crippen molar-refractivity contribution >= 4 is 10.9 Å². The van der Waals surface area contributed by atoms with E-state index < -0.39 is 0 Å². The van der Waals surface area contributed by atoms with E-state index in [0.29, 0.717) is 0 Å². The first kappa shape index (κ1) is 10.8. The van der Waals surface area contributed by atoms with Crippen LogP contribution in [0.4, 0.5) is 0 Å². The maximum atomic E-state index is 2.51. The Kier molecular flexibility index (Phi) is 2.89. The quantitative estimate of drug-likeness (QED) is 0.783. The summed E-state index contributed by atoms with van der Waals surface area (Å²) in [4.78, 5) is 2.51. The highest BCUT2D eigenvalue weighted by atomic mass is 15.1. The Balaban J connectivity index is 1.72. The smallest absolute Gasteiger partial charge is 0.0480 e. The van der Waals surface area contributed by atoms with E-state index in [2.05, 4.69) is 53.0 Å². The van der Waals surface area contributed by atoms with Crippen molar-refractivity contribution in [2.24, 2.45) is 0 Å². The molecule has 1 unspecified atom stereocenters. The van der Waals surface area contributed by atoms with Crippen LogP contribution in [0.1, 0.15) is 19.3 Å². The summed E-state index contributed by atoms with van der Waals surface area (Å²) in [5, 5.41) is 1.35. The highest BCUT2D eigenvalue weighted by molar-refractivity contribution is 5.79. The molecule has 1 atom stereocenters. The van der Waals surface area contributed by atoms with Gasteiger partial charge in [-0.1, -0.05) is 18.2 Å². The first-order valence-corrected chi connectivity index (χ1v) is 6.59. The predicted molar refractivity (Wildman–Crippen MR) is 72.2 cm³/mol. The van der Waals surface area contributed by atoms with Gasteiger partial charge in [-0.15, -0.1) is 0 Å². The summed E-state index contributed by atoms with van der Waals surface area (Å²) in [5.74, 6) is 0. The molecule has 17 heavy (non-hydrogen) atoms. The summed E-state index contributed by atoms with van der Waals surface area (Å²) in [6.45, 7) is 2.42. The molecule has 1 aliphatic rings. The second-order valence-corrected chi connectivity index (χ2v) is 5.13. The van der Waals surface area contributed by atoms with Crippen molar-refractivity contribution in [3.05, 3.63) is 36.5 Å². The standard InChI is InChI=1S/C15H20N2/c1-16-10-4-6-14(16)9-12-17-11-8-13-5-2-3-7-15(13)17/h2-3,5,7-8,11,14H,4,6,9-10,12H2,1H3. The third-order valence-electron chi connectivity index (χ3n) is 4.05. The van der Waals surface area contributed by atoms with Crippen LogP contribution in [-0.4, -0.2) is 29.1 Å². The molecule has 1 saturated heterocycles. The minimum absolute atomic E-state index is 0.788. The molecule has 1 aromatic carbocycles. The number of para-hydroxylation sites is 1. The van der Waals surface area contributed by atoms with Crippen LogP contribution in [0, 0.1) is 0 Å². The number of aryl methyl sites for hydroxylation is 1. The Morgan fingerprint density at radius 2 is 2.12 bits per heavy atom. The Morgan fingerprint density at radius 1 is 1.24 bits per heavy atom. The summed E-state index contributed by atoms with van der Waals surface area (Å²) in [6.07, 6.45) is 6.23. The van der Waals surface area contributed by atoms with E-state index >= 15 is 0 Å². The largest absolute Gasteiger partial charge is 0.347 e. The molecule has 0 N–H and O–H groups in total. The van der Waals surface area contributed by atoms with Gasteiger partial charge in [0.05, 0.1) is 0 Å². The maximum Gasteiger partial charge on any atom is 0.0480 e.